The summed E-state index contributed by atoms with van der Waals surface area (Å²) in [5.41, 5.74) is 0. The fourth-order valence-corrected chi connectivity index (χ4v) is 6.23. The maximum absolute atomic E-state index is 12.0. The molecule has 0 aromatic carbocycles. The molecule has 0 bridgehead atoms. The van der Waals surface area contributed by atoms with Crippen molar-refractivity contribution in [3.05, 3.63) is 24.3 Å². The van der Waals surface area contributed by atoms with Crippen LogP contribution in [-0.4, -0.2) is 12.6 Å². The second-order valence-electron chi connectivity index (χ2n) is 14.0. The molecule has 0 spiro atoms. The van der Waals surface area contributed by atoms with Crippen molar-refractivity contribution in [3.63, 3.8) is 0 Å². The largest absolute Gasteiger partial charge is 0.466 e. The molecule has 45 heavy (non-hydrogen) atoms. The van der Waals surface area contributed by atoms with Gasteiger partial charge in [-0.2, -0.15) is 0 Å². The first-order chi connectivity index (χ1) is 22.3. The van der Waals surface area contributed by atoms with Gasteiger partial charge in [-0.25, -0.2) is 0 Å². The Kier molecular flexibility index (Phi) is 40.0. The minimum Gasteiger partial charge on any atom is -0.466 e. The lowest BCUT2D eigenvalue weighted by atomic mass is 10.0. The van der Waals surface area contributed by atoms with Crippen LogP contribution < -0.4 is 0 Å². The van der Waals surface area contributed by atoms with Crippen LogP contribution in [0.2, 0.25) is 0 Å². The molecular weight excluding hydrogens is 548 g/mol. The van der Waals surface area contributed by atoms with E-state index in [1.807, 2.05) is 0 Å². The van der Waals surface area contributed by atoms with Crippen LogP contribution in [-0.2, 0) is 9.53 Å². The van der Waals surface area contributed by atoms with Gasteiger partial charge in [0.1, 0.15) is 0 Å². The van der Waals surface area contributed by atoms with Crippen molar-refractivity contribution in [1.29, 1.82) is 0 Å². The summed E-state index contributed by atoms with van der Waals surface area (Å²) in [6, 6.07) is 0. The molecule has 0 rings (SSSR count). The fourth-order valence-electron chi connectivity index (χ4n) is 6.23. The maximum atomic E-state index is 12.0. The highest BCUT2D eigenvalue weighted by molar-refractivity contribution is 5.69. The molecular formula is C43H82O2. The highest BCUT2D eigenvalue weighted by Crippen LogP contribution is 2.16. The summed E-state index contributed by atoms with van der Waals surface area (Å²) in [7, 11) is 0. The van der Waals surface area contributed by atoms with E-state index in [0.29, 0.717) is 13.0 Å². The van der Waals surface area contributed by atoms with Gasteiger partial charge >= 0.3 is 5.97 Å². The van der Waals surface area contributed by atoms with Crippen LogP contribution in [0.1, 0.15) is 239 Å². The minimum absolute atomic E-state index is 0.0134. The number of unbranched alkanes of at least 4 members (excludes halogenated alkanes) is 30. The van der Waals surface area contributed by atoms with E-state index in [1.165, 1.54) is 193 Å². The van der Waals surface area contributed by atoms with Crippen molar-refractivity contribution < 1.29 is 9.53 Å². The number of hydrogen-bond donors (Lipinski definition) is 0. The molecule has 2 nitrogen and oxygen atoms in total. The van der Waals surface area contributed by atoms with E-state index in [4.69, 9.17) is 4.74 Å². The lowest BCUT2D eigenvalue weighted by Crippen LogP contribution is -2.05. The Morgan fingerprint density at radius 1 is 0.378 bits per heavy atom. The molecule has 0 amide bonds. The van der Waals surface area contributed by atoms with Gasteiger partial charge in [-0.1, -0.05) is 212 Å². The molecule has 0 atom stereocenters. The van der Waals surface area contributed by atoms with Gasteiger partial charge in [-0.3, -0.25) is 4.79 Å². The number of ether oxygens (including phenoxy) is 1. The number of rotatable bonds is 38. The number of esters is 1. The van der Waals surface area contributed by atoms with Gasteiger partial charge in [-0.15, -0.1) is 0 Å². The van der Waals surface area contributed by atoms with Crippen molar-refractivity contribution in [1.82, 2.24) is 0 Å². The average molecular weight is 631 g/mol. The Labute approximate surface area is 284 Å². The molecule has 0 N–H and O–H groups in total. The Bertz CT molecular complexity index is 607. The van der Waals surface area contributed by atoms with Crippen molar-refractivity contribution in [2.75, 3.05) is 6.61 Å². The topological polar surface area (TPSA) is 26.3 Å². The first kappa shape index (κ1) is 43.9. The summed E-state index contributed by atoms with van der Waals surface area (Å²) in [5, 5.41) is 0. The summed E-state index contributed by atoms with van der Waals surface area (Å²) in [4.78, 5) is 12.0. The summed E-state index contributed by atoms with van der Waals surface area (Å²) in [6.07, 6.45) is 55.6. The second kappa shape index (κ2) is 41.0. The van der Waals surface area contributed by atoms with Crippen molar-refractivity contribution >= 4 is 5.97 Å². The molecule has 0 aliphatic rings. The molecule has 0 unspecified atom stereocenters. The number of carbonyl (C=O) groups excluding carboxylic acids is 1. The fraction of sp³-hybridized carbons (Fsp3) is 0.884. The van der Waals surface area contributed by atoms with Gasteiger partial charge in [0.25, 0.3) is 0 Å². The van der Waals surface area contributed by atoms with E-state index in [2.05, 4.69) is 38.2 Å². The van der Waals surface area contributed by atoms with E-state index >= 15 is 0 Å². The molecule has 0 aliphatic carbocycles. The summed E-state index contributed by atoms with van der Waals surface area (Å²) in [5.74, 6) is 0.0134. The zero-order valence-corrected chi connectivity index (χ0v) is 31.1. The van der Waals surface area contributed by atoms with Crippen LogP contribution in [0.15, 0.2) is 24.3 Å². The molecule has 0 saturated carbocycles. The third-order valence-electron chi connectivity index (χ3n) is 9.34. The summed E-state index contributed by atoms with van der Waals surface area (Å²) in [6.45, 7) is 5.18. The van der Waals surface area contributed by atoms with Crippen LogP contribution in [0.5, 0.6) is 0 Å². The van der Waals surface area contributed by atoms with Gasteiger partial charge in [-0.05, 0) is 44.9 Å². The monoisotopic (exact) mass is 631 g/mol. The van der Waals surface area contributed by atoms with Gasteiger partial charge in [0.05, 0.1) is 6.61 Å². The van der Waals surface area contributed by atoms with E-state index in [-0.39, 0.29) is 5.97 Å². The normalized spacial score (nSPS) is 11.8. The molecule has 0 aromatic heterocycles. The molecule has 0 heterocycles. The third-order valence-corrected chi connectivity index (χ3v) is 9.34. The molecule has 0 saturated heterocycles. The lowest BCUT2D eigenvalue weighted by molar-refractivity contribution is -0.143. The van der Waals surface area contributed by atoms with Crippen LogP contribution in [0.4, 0.5) is 0 Å². The van der Waals surface area contributed by atoms with Crippen molar-refractivity contribution in [3.8, 4) is 0 Å². The number of allylic oxidation sites excluding steroid dienone is 4. The Balaban J connectivity index is 3.19. The van der Waals surface area contributed by atoms with E-state index < -0.39 is 0 Å². The van der Waals surface area contributed by atoms with Crippen LogP contribution in [0.25, 0.3) is 0 Å². The van der Waals surface area contributed by atoms with Gasteiger partial charge in [0.15, 0.2) is 0 Å². The third kappa shape index (κ3) is 40.9. The summed E-state index contributed by atoms with van der Waals surface area (Å²) < 4.78 is 5.45. The quantitative estimate of drug-likeness (QED) is 0.0385. The smallest absolute Gasteiger partial charge is 0.305 e. The molecule has 0 radical (unpaired) electrons. The molecule has 0 fully saturated rings. The molecule has 0 aliphatic heterocycles. The van der Waals surface area contributed by atoms with E-state index in [0.717, 1.165) is 25.7 Å². The Morgan fingerprint density at radius 2 is 0.689 bits per heavy atom. The maximum Gasteiger partial charge on any atom is 0.305 e. The van der Waals surface area contributed by atoms with Crippen LogP contribution in [0, 0.1) is 0 Å². The highest BCUT2D eigenvalue weighted by atomic mass is 16.5. The zero-order chi connectivity index (χ0) is 32.6. The van der Waals surface area contributed by atoms with Gasteiger partial charge in [0.2, 0.25) is 0 Å². The minimum atomic E-state index is 0.0134. The predicted molar refractivity (Wildman–Crippen MR) is 202 cm³/mol. The first-order valence-electron chi connectivity index (χ1n) is 20.8. The lowest BCUT2D eigenvalue weighted by Gasteiger charge is -2.06. The highest BCUT2D eigenvalue weighted by Gasteiger charge is 2.02. The first-order valence-corrected chi connectivity index (χ1v) is 20.8. The zero-order valence-electron chi connectivity index (χ0n) is 31.1. The SMILES string of the molecule is CCCCC/C=C\C/C=C\CCCCCCCC(=O)OCCCCCCCCCCCCCCCCCCCCCCCCC. The molecule has 0 aromatic rings. The van der Waals surface area contributed by atoms with E-state index in [1.54, 1.807) is 0 Å². The van der Waals surface area contributed by atoms with Crippen molar-refractivity contribution in [2.45, 2.75) is 239 Å². The molecule has 266 valence electrons. The van der Waals surface area contributed by atoms with Crippen LogP contribution >= 0.6 is 0 Å². The standard InChI is InChI=1S/C43H82O2/c1-3-5-7-9-11-13-15-17-19-20-21-22-23-24-25-26-28-30-32-34-36-38-40-42-45-43(44)41-39-37-35-33-31-29-27-18-16-14-12-10-8-6-4-2/h12,14,18,27H,3-11,13,15-17,19-26,28-42H2,1-2H3/b14-12-,27-18-. The summed E-state index contributed by atoms with van der Waals surface area (Å²) >= 11 is 0. The van der Waals surface area contributed by atoms with Gasteiger partial charge in [0, 0.05) is 6.42 Å². The second-order valence-corrected chi connectivity index (χ2v) is 14.0. The predicted octanol–water partition coefficient (Wildman–Crippen LogP) is 15.3. The van der Waals surface area contributed by atoms with Crippen molar-refractivity contribution in [2.24, 2.45) is 0 Å². The van der Waals surface area contributed by atoms with Gasteiger partial charge < -0.3 is 4.74 Å². The number of carbonyl (C=O) groups is 1. The number of hydrogen-bond acceptors (Lipinski definition) is 2. The van der Waals surface area contributed by atoms with Crippen LogP contribution in [0.3, 0.4) is 0 Å². The Morgan fingerprint density at radius 3 is 1.11 bits per heavy atom. The average Bonchev–Trinajstić information content (AvgIpc) is 3.05. The Hall–Kier alpha value is -1.05. The molecule has 2 heteroatoms. The van der Waals surface area contributed by atoms with E-state index in [9.17, 15) is 4.79 Å².